The molecule has 0 spiro atoms. The van der Waals surface area contributed by atoms with E-state index in [1.54, 1.807) is 0 Å². The average molecular weight is 242 g/mol. The predicted octanol–water partition coefficient (Wildman–Crippen LogP) is -0.932. The van der Waals surface area contributed by atoms with E-state index >= 15 is 0 Å². The molecule has 0 saturated heterocycles. The number of nitrogens with one attached hydrogen (secondary N) is 2. The highest BCUT2D eigenvalue weighted by Crippen LogP contribution is 2.09. The lowest BCUT2D eigenvalue weighted by atomic mass is 10.5. The lowest BCUT2D eigenvalue weighted by molar-refractivity contribution is 0.0691. The van der Waals surface area contributed by atoms with E-state index in [0.29, 0.717) is 5.01 Å². The molecule has 9 heteroatoms. The van der Waals surface area contributed by atoms with Crippen LogP contribution >= 0.6 is 11.3 Å². The molecule has 0 aromatic carbocycles. The van der Waals surface area contributed by atoms with Crippen LogP contribution in [0.1, 0.15) is 15.5 Å². The number of thiazole rings is 1. The Bertz CT molecular complexity index is 606. The van der Waals surface area contributed by atoms with Gasteiger partial charge in [0.05, 0.1) is 6.54 Å². The topological polar surface area (TPSA) is 121 Å². The maximum absolute atomic E-state index is 11.1. The molecule has 2 rings (SSSR count). The lowest BCUT2D eigenvalue weighted by Crippen LogP contribution is -2.26. The normalized spacial score (nSPS) is 10.5. The number of hydrogen-bond donors (Lipinski definition) is 3. The van der Waals surface area contributed by atoms with Gasteiger partial charge in [-0.15, -0.1) is 11.3 Å². The second kappa shape index (κ2) is 3.77. The zero-order chi connectivity index (χ0) is 11.7. The van der Waals surface area contributed by atoms with E-state index in [1.807, 2.05) is 0 Å². The van der Waals surface area contributed by atoms with Crippen LogP contribution in [0.15, 0.2) is 15.0 Å². The van der Waals surface area contributed by atoms with Crippen LogP contribution in [-0.4, -0.2) is 30.8 Å². The molecule has 84 valence electrons. The van der Waals surface area contributed by atoms with Gasteiger partial charge in [-0.25, -0.2) is 34.1 Å². The zero-order valence-corrected chi connectivity index (χ0v) is 8.58. The summed E-state index contributed by atoms with van der Waals surface area (Å²) >= 11 is 1.08. The van der Waals surface area contributed by atoms with Gasteiger partial charge < -0.3 is 5.11 Å². The molecule has 0 radical (unpaired) electrons. The lowest BCUT2D eigenvalue weighted by Gasteiger charge is -1.92. The Morgan fingerprint density at radius 3 is 2.56 bits per heavy atom. The number of aromatic nitrogens is 4. The Balaban J connectivity index is 2.31. The molecule has 3 N–H and O–H groups in total. The highest BCUT2D eigenvalue weighted by atomic mass is 32.1. The number of H-pyrrole nitrogens is 2. The minimum Gasteiger partial charge on any atom is -0.476 e. The van der Waals surface area contributed by atoms with Crippen molar-refractivity contribution in [2.75, 3.05) is 0 Å². The van der Waals surface area contributed by atoms with E-state index < -0.39 is 17.3 Å². The zero-order valence-electron chi connectivity index (χ0n) is 7.76. The highest BCUT2D eigenvalue weighted by Gasteiger charge is 2.11. The third-order valence-corrected chi connectivity index (χ3v) is 2.66. The fourth-order valence-electron chi connectivity index (χ4n) is 1.09. The summed E-state index contributed by atoms with van der Waals surface area (Å²) in [7, 11) is 0. The summed E-state index contributed by atoms with van der Waals surface area (Å²) < 4.78 is 0.893. The number of rotatable bonds is 3. The quantitative estimate of drug-likeness (QED) is 0.641. The maximum atomic E-state index is 11.1. The van der Waals surface area contributed by atoms with Gasteiger partial charge >= 0.3 is 17.3 Å². The van der Waals surface area contributed by atoms with Crippen molar-refractivity contribution in [3.05, 3.63) is 37.1 Å². The molecule has 0 saturated carbocycles. The number of carboxylic acids is 1. The van der Waals surface area contributed by atoms with Gasteiger partial charge in [-0.1, -0.05) is 0 Å². The first-order chi connectivity index (χ1) is 7.58. The Labute approximate surface area is 91.2 Å². The van der Waals surface area contributed by atoms with Crippen molar-refractivity contribution in [1.29, 1.82) is 0 Å². The van der Waals surface area contributed by atoms with E-state index in [9.17, 15) is 14.4 Å². The average Bonchev–Trinajstić information content (AvgIpc) is 2.80. The highest BCUT2D eigenvalue weighted by molar-refractivity contribution is 7.09. The largest absolute Gasteiger partial charge is 0.476 e. The SMILES string of the molecule is O=C(O)c1csc(Cn2c(=O)[nH][nH]c2=O)n1. The van der Waals surface area contributed by atoms with Crippen LogP contribution in [0, 0.1) is 0 Å². The fourth-order valence-corrected chi connectivity index (χ4v) is 1.85. The number of hydrogen-bond acceptors (Lipinski definition) is 5. The molecule has 0 amide bonds. The van der Waals surface area contributed by atoms with Crippen molar-refractivity contribution in [3.63, 3.8) is 0 Å². The van der Waals surface area contributed by atoms with Gasteiger partial charge in [0.1, 0.15) is 5.01 Å². The second-order valence-electron chi connectivity index (χ2n) is 2.88. The van der Waals surface area contributed by atoms with Gasteiger partial charge in [-0.05, 0) is 0 Å². The van der Waals surface area contributed by atoms with Crippen LogP contribution in [0.3, 0.4) is 0 Å². The Kier molecular flexibility index (Phi) is 2.44. The summed E-state index contributed by atoms with van der Waals surface area (Å²) in [6.45, 7) is -0.0460. The van der Waals surface area contributed by atoms with Gasteiger partial charge in [0.15, 0.2) is 5.69 Å². The molecule has 2 aromatic rings. The second-order valence-corrected chi connectivity index (χ2v) is 3.82. The summed E-state index contributed by atoms with van der Waals surface area (Å²) in [4.78, 5) is 36.6. The predicted molar refractivity (Wildman–Crippen MR) is 53.8 cm³/mol. The van der Waals surface area contributed by atoms with Crippen LogP contribution in [0.5, 0.6) is 0 Å². The van der Waals surface area contributed by atoms with Crippen LogP contribution in [-0.2, 0) is 6.54 Å². The number of aromatic amines is 2. The first kappa shape index (κ1) is 10.4. The standard InChI is InChI=1S/C7H6N4O4S/c12-5(13)3-2-16-4(8-3)1-11-6(14)9-10-7(11)15/h2H,1H2,(H,9,14)(H,10,15)(H,12,13). The van der Waals surface area contributed by atoms with Crippen LogP contribution in [0.2, 0.25) is 0 Å². The van der Waals surface area contributed by atoms with Crippen LogP contribution in [0.4, 0.5) is 0 Å². The third kappa shape index (κ3) is 1.80. The smallest absolute Gasteiger partial charge is 0.355 e. The van der Waals surface area contributed by atoms with Crippen LogP contribution in [0.25, 0.3) is 0 Å². The van der Waals surface area contributed by atoms with Crippen molar-refractivity contribution in [2.24, 2.45) is 0 Å². The maximum Gasteiger partial charge on any atom is 0.355 e. The molecular weight excluding hydrogens is 236 g/mol. The molecule has 0 aliphatic heterocycles. The molecule has 0 fully saturated rings. The Morgan fingerprint density at radius 2 is 2.06 bits per heavy atom. The minimum absolute atomic E-state index is 0.0460. The van der Waals surface area contributed by atoms with Crippen molar-refractivity contribution in [2.45, 2.75) is 6.54 Å². The van der Waals surface area contributed by atoms with E-state index in [1.165, 1.54) is 5.38 Å². The first-order valence-electron chi connectivity index (χ1n) is 4.13. The summed E-state index contributed by atoms with van der Waals surface area (Å²) in [6.07, 6.45) is 0. The van der Waals surface area contributed by atoms with Gasteiger partial charge in [0.2, 0.25) is 0 Å². The minimum atomic E-state index is -1.14. The van der Waals surface area contributed by atoms with E-state index in [0.717, 1.165) is 15.9 Å². The Hall–Kier alpha value is -2.16. The molecule has 0 atom stereocenters. The molecule has 0 unspecified atom stereocenters. The molecule has 2 aromatic heterocycles. The number of nitrogens with zero attached hydrogens (tertiary/aromatic N) is 2. The fraction of sp³-hybridized carbons (Fsp3) is 0.143. The first-order valence-corrected chi connectivity index (χ1v) is 5.01. The van der Waals surface area contributed by atoms with Crippen molar-refractivity contribution in [3.8, 4) is 0 Å². The van der Waals surface area contributed by atoms with Crippen molar-refractivity contribution < 1.29 is 9.90 Å². The van der Waals surface area contributed by atoms with Gasteiger partial charge in [0, 0.05) is 5.38 Å². The summed E-state index contributed by atoms with van der Waals surface area (Å²) in [5.41, 5.74) is -1.27. The van der Waals surface area contributed by atoms with Gasteiger partial charge in [-0.3, -0.25) is 0 Å². The van der Waals surface area contributed by atoms with E-state index in [-0.39, 0.29) is 12.2 Å². The number of carboxylic acid groups (broad SMARTS) is 1. The van der Waals surface area contributed by atoms with Crippen LogP contribution < -0.4 is 11.4 Å². The summed E-state index contributed by atoms with van der Waals surface area (Å²) in [6, 6.07) is 0. The van der Waals surface area contributed by atoms with E-state index in [4.69, 9.17) is 5.11 Å². The molecule has 0 bridgehead atoms. The molecule has 0 aliphatic rings. The third-order valence-electron chi connectivity index (χ3n) is 1.83. The molecule has 16 heavy (non-hydrogen) atoms. The van der Waals surface area contributed by atoms with E-state index in [2.05, 4.69) is 15.2 Å². The molecule has 8 nitrogen and oxygen atoms in total. The van der Waals surface area contributed by atoms with Crippen molar-refractivity contribution >= 4 is 17.3 Å². The van der Waals surface area contributed by atoms with Crippen molar-refractivity contribution in [1.82, 2.24) is 19.7 Å². The number of carbonyl (C=O) groups is 1. The number of aromatic carboxylic acids is 1. The summed E-state index contributed by atoms with van der Waals surface area (Å²) in [5, 5.41) is 14.6. The molecular formula is C7H6N4O4S. The monoisotopic (exact) mass is 242 g/mol. The summed E-state index contributed by atoms with van der Waals surface area (Å²) in [5.74, 6) is -1.14. The van der Waals surface area contributed by atoms with Gasteiger partial charge in [-0.2, -0.15) is 0 Å². The Morgan fingerprint density at radius 1 is 1.44 bits per heavy atom. The van der Waals surface area contributed by atoms with Gasteiger partial charge in [0.25, 0.3) is 0 Å². The molecule has 2 heterocycles. The molecule has 0 aliphatic carbocycles.